The Morgan fingerprint density at radius 3 is 2.47 bits per heavy atom. The van der Waals surface area contributed by atoms with Crippen LogP contribution in [-0.4, -0.2) is 33.7 Å². The summed E-state index contributed by atoms with van der Waals surface area (Å²) in [7, 11) is 0. The van der Waals surface area contributed by atoms with E-state index in [4.69, 9.17) is 0 Å². The van der Waals surface area contributed by atoms with E-state index in [1.165, 1.54) is 17.7 Å². The lowest BCUT2D eigenvalue weighted by atomic mass is 10.1. The fraction of sp³-hybridized carbons (Fsp3) is 0.733. The number of hydrogen-bond donors (Lipinski definition) is 0. The van der Waals surface area contributed by atoms with Crippen molar-refractivity contribution in [2.24, 2.45) is 0 Å². The molecule has 0 bridgehead atoms. The largest absolute Gasteiger partial charge is 0.343 e. The van der Waals surface area contributed by atoms with E-state index in [-0.39, 0.29) is 0 Å². The van der Waals surface area contributed by atoms with Crippen molar-refractivity contribution < 1.29 is 4.79 Å². The molecule has 2 rings (SSSR count). The van der Waals surface area contributed by atoms with E-state index in [9.17, 15) is 4.79 Å². The maximum absolute atomic E-state index is 12.2. The lowest BCUT2D eigenvalue weighted by Gasteiger charge is -2.26. The maximum atomic E-state index is 12.2. The molecule has 0 N–H and O–H groups in total. The third-order valence-electron chi connectivity index (χ3n) is 4.13. The number of nitrogens with zero attached hydrogens (tertiary/aromatic N) is 3. The summed E-state index contributed by atoms with van der Waals surface area (Å²) in [6.07, 6.45) is 5.05. The second-order valence-corrected chi connectivity index (χ2v) is 5.41. The summed E-state index contributed by atoms with van der Waals surface area (Å²) in [5.74, 6) is 0.308. The second-order valence-electron chi connectivity index (χ2n) is 5.41. The molecular weight excluding hydrogens is 238 g/mol. The van der Waals surface area contributed by atoms with E-state index >= 15 is 0 Å². The lowest BCUT2D eigenvalue weighted by molar-refractivity contribution is -0.132. The molecule has 1 aliphatic rings. The highest BCUT2D eigenvalue weighted by atomic mass is 16.2. The number of aryl methyl sites for hydroxylation is 2. The molecule has 1 amide bonds. The van der Waals surface area contributed by atoms with Crippen LogP contribution in [0.15, 0.2) is 0 Å². The molecule has 1 aromatic heterocycles. The van der Waals surface area contributed by atoms with Gasteiger partial charge in [-0.3, -0.25) is 9.48 Å². The third-order valence-corrected chi connectivity index (χ3v) is 4.13. The van der Waals surface area contributed by atoms with E-state index in [0.717, 1.165) is 44.6 Å². The van der Waals surface area contributed by atoms with Gasteiger partial charge in [-0.25, -0.2) is 0 Å². The summed E-state index contributed by atoms with van der Waals surface area (Å²) in [6.45, 7) is 9.04. The van der Waals surface area contributed by atoms with Crippen LogP contribution in [0.3, 0.4) is 0 Å². The predicted octanol–water partition coefficient (Wildman–Crippen LogP) is 2.46. The zero-order chi connectivity index (χ0) is 13.8. The van der Waals surface area contributed by atoms with E-state index in [0.29, 0.717) is 12.3 Å². The first-order chi connectivity index (χ1) is 9.13. The molecule has 2 heterocycles. The first-order valence-electron chi connectivity index (χ1n) is 7.44. The molecule has 0 atom stereocenters. The molecule has 0 aliphatic carbocycles. The summed E-state index contributed by atoms with van der Waals surface area (Å²) in [6, 6.07) is 0. The maximum Gasteiger partial charge on any atom is 0.222 e. The van der Waals surface area contributed by atoms with Crippen molar-refractivity contribution in [2.75, 3.05) is 13.1 Å². The van der Waals surface area contributed by atoms with Crippen LogP contribution in [0.2, 0.25) is 0 Å². The zero-order valence-corrected chi connectivity index (χ0v) is 12.4. The molecule has 4 nitrogen and oxygen atoms in total. The van der Waals surface area contributed by atoms with Gasteiger partial charge in [0.1, 0.15) is 0 Å². The Hall–Kier alpha value is -1.32. The molecule has 106 valence electrons. The molecule has 1 aromatic rings. The van der Waals surface area contributed by atoms with Crippen LogP contribution in [0.25, 0.3) is 0 Å². The average Bonchev–Trinajstić information content (AvgIpc) is 2.72. The summed E-state index contributed by atoms with van der Waals surface area (Å²) < 4.78 is 2.02. The number of amides is 1. The second kappa shape index (κ2) is 6.22. The minimum absolute atomic E-state index is 0.308. The van der Waals surface area contributed by atoms with Crippen molar-refractivity contribution in [2.45, 2.75) is 59.4 Å². The van der Waals surface area contributed by atoms with Crippen molar-refractivity contribution >= 4 is 5.91 Å². The number of piperidine rings is 1. The van der Waals surface area contributed by atoms with Gasteiger partial charge in [-0.15, -0.1) is 0 Å². The van der Waals surface area contributed by atoms with Gasteiger partial charge in [0.15, 0.2) is 0 Å². The standard InChI is InChI=1S/C15H25N3O/c1-4-18-13(3)14(12(2)16-18)8-9-15(19)17-10-6-5-7-11-17/h4-11H2,1-3H3. The number of hydrogen-bond acceptors (Lipinski definition) is 2. The minimum atomic E-state index is 0.308. The van der Waals surface area contributed by atoms with Crippen molar-refractivity contribution in [3.05, 3.63) is 17.0 Å². The zero-order valence-electron chi connectivity index (χ0n) is 12.4. The fourth-order valence-corrected chi connectivity index (χ4v) is 2.94. The molecule has 0 radical (unpaired) electrons. The smallest absolute Gasteiger partial charge is 0.222 e. The average molecular weight is 263 g/mol. The van der Waals surface area contributed by atoms with Crippen molar-refractivity contribution in [1.29, 1.82) is 0 Å². The van der Waals surface area contributed by atoms with Gasteiger partial charge in [-0.2, -0.15) is 5.10 Å². The molecule has 1 fully saturated rings. The van der Waals surface area contributed by atoms with E-state index in [2.05, 4.69) is 18.9 Å². The quantitative estimate of drug-likeness (QED) is 0.837. The molecular formula is C15H25N3O. The highest BCUT2D eigenvalue weighted by molar-refractivity contribution is 5.76. The summed E-state index contributed by atoms with van der Waals surface area (Å²) in [5.41, 5.74) is 3.55. The van der Waals surface area contributed by atoms with Gasteiger partial charge in [0.2, 0.25) is 5.91 Å². The Bertz CT molecular complexity index is 444. The van der Waals surface area contributed by atoms with Crippen LogP contribution in [0, 0.1) is 13.8 Å². The van der Waals surface area contributed by atoms with Crippen molar-refractivity contribution in [3.63, 3.8) is 0 Å². The van der Waals surface area contributed by atoms with Crippen LogP contribution in [-0.2, 0) is 17.8 Å². The Morgan fingerprint density at radius 1 is 1.21 bits per heavy atom. The molecule has 0 saturated carbocycles. The SMILES string of the molecule is CCn1nc(C)c(CCC(=O)N2CCCCC2)c1C. The molecule has 0 aromatic carbocycles. The summed E-state index contributed by atoms with van der Waals surface area (Å²) in [4.78, 5) is 14.2. The van der Waals surface area contributed by atoms with Gasteiger partial charge < -0.3 is 4.90 Å². The van der Waals surface area contributed by atoms with Crippen LogP contribution in [0.4, 0.5) is 0 Å². The van der Waals surface area contributed by atoms with Gasteiger partial charge in [-0.05, 0) is 52.0 Å². The van der Waals surface area contributed by atoms with Crippen LogP contribution < -0.4 is 0 Å². The molecule has 0 unspecified atom stereocenters. The van der Waals surface area contributed by atoms with Gasteiger partial charge in [-0.1, -0.05) is 0 Å². The van der Waals surface area contributed by atoms with E-state index < -0.39 is 0 Å². The Kier molecular flexibility index (Phi) is 4.61. The van der Waals surface area contributed by atoms with Crippen molar-refractivity contribution in [3.8, 4) is 0 Å². The monoisotopic (exact) mass is 263 g/mol. The summed E-state index contributed by atoms with van der Waals surface area (Å²) in [5, 5.41) is 4.51. The Morgan fingerprint density at radius 2 is 1.89 bits per heavy atom. The van der Waals surface area contributed by atoms with Gasteiger partial charge >= 0.3 is 0 Å². The lowest BCUT2D eigenvalue weighted by Crippen LogP contribution is -2.35. The van der Waals surface area contributed by atoms with E-state index in [1.54, 1.807) is 0 Å². The van der Waals surface area contributed by atoms with Crippen LogP contribution in [0.5, 0.6) is 0 Å². The van der Waals surface area contributed by atoms with Crippen LogP contribution in [0.1, 0.15) is 49.6 Å². The highest BCUT2D eigenvalue weighted by Crippen LogP contribution is 2.17. The van der Waals surface area contributed by atoms with Gasteiger partial charge in [0.25, 0.3) is 0 Å². The number of carbonyl (C=O) groups is 1. The first kappa shape index (κ1) is 14.1. The Labute approximate surface area is 115 Å². The fourth-order valence-electron chi connectivity index (χ4n) is 2.94. The molecule has 1 saturated heterocycles. The van der Waals surface area contributed by atoms with Gasteiger partial charge in [0, 0.05) is 31.7 Å². The molecule has 4 heteroatoms. The normalized spacial score (nSPS) is 15.8. The molecule has 0 spiro atoms. The van der Waals surface area contributed by atoms with E-state index in [1.807, 2.05) is 16.5 Å². The first-order valence-corrected chi connectivity index (χ1v) is 7.44. The summed E-state index contributed by atoms with van der Waals surface area (Å²) >= 11 is 0. The third kappa shape index (κ3) is 3.17. The number of carbonyl (C=O) groups excluding carboxylic acids is 1. The molecule has 19 heavy (non-hydrogen) atoms. The van der Waals surface area contributed by atoms with Crippen molar-refractivity contribution in [1.82, 2.24) is 14.7 Å². The number of aromatic nitrogens is 2. The van der Waals surface area contributed by atoms with Gasteiger partial charge in [0.05, 0.1) is 5.69 Å². The van der Waals surface area contributed by atoms with Crippen LogP contribution >= 0.6 is 0 Å². The predicted molar refractivity (Wildman–Crippen MR) is 76.1 cm³/mol. The number of rotatable bonds is 4. The Balaban J connectivity index is 1.94. The number of likely N-dealkylation sites (tertiary alicyclic amines) is 1. The minimum Gasteiger partial charge on any atom is -0.343 e. The topological polar surface area (TPSA) is 38.1 Å². The molecule has 1 aliphatic heterocycles. The highest BCUT2D eigenvalue weighted by Gasteiger charge is 2.18.